The quantitative estimate of drug-likeness (QED) is 0.790. The van der Waals surface area contributed by atoms with Gasteiger partial charge in [0.2, 0.25) is 11.8 Å². The number of anilines is 1. The molecule has 0 bridgehead atoms. The fourth-order valence-electron chi connectivity index (χ4n) is 2.01. The van der Waals surface area contributed by atoms with Crippen molar-refractivity contribution in [2.24, 2.45) is 5.92 Å². The van der Waals surface area contributed by atoms with Crippen molar-refractivity contribution in [2.75, 3.05) is 18.4 Å². The molecule has 0 spiro atoms. The third kappa shape index (κ3) is 6.60. The van der Waals surface area contributed by atoms with Crippen molar-refractivity contribution in [3.05, 3.63) is 28.2 Å². The number of hydrogen-bond donors (Lipinski definition) is 1. The van der Waals surface area contributed by atoms with Gasteiger partial charge in [0.1, 0.15) is 0 Å². The molecule has 0 aliphatic rings. The number of nitrogens with one attached hydrogen (secondary N) is 1. The molecule has 0 heterocycles. The number of carbonyl (C=O) groups is 2. The van der Waals surface area contributed by atoms with Gasteiger partial charge in [0, 0.05) is 30.9 Å². The third-order valence-corrected chi connectivity index (χ3v) is 4.09. The van der Waals surface area contributed by atoms with Crippen molar-refractivity contribution in [3.63, 3.8) is 0 Å². The van der Waals surface area contributed by atoms with Gasteiger partial charge in [-0.05, 0) is 52.9 Å². The first-order valence-corrected chi connectivity index (χ1v) is 8.40. The number of hydrogen-bond acceptors (Lipinski definition) is 2. The van der Waals surface area contributed by atoms with Gasteiger partial charge in [-0.1, -0.05) is 19.9 Å². The minimum atomic E-state index is -0.0830. The van der Waals surface area contributed by atoms with Gasteiger partial charge in [-0.15, -0.1) is 0 Å². The Balaban J connectivity index is 2.51. The topological polar surface area (TPSA) is 49.4 Å². The summed E-state index contributed by atoms with van der Waals surface area (Å²) in [7, 11) is 0. The summed E-state index contributed by atoms with van der Waals surface area (Å²) in [4.78, 5) is 25.4. The molecular weight excluding hydrogens is 344 g/mol. The zero-order valence-corrected chi connectivity index (χ0v) is 15.4. The van der Waals surface area contributed by atoms with E-state index in [4.69, 9.17) is 0 Å². The largest absolute Gasteiger partial charge is 0.342 e. The van der Waals surface area contributed by atoms with Crippen molar-refractivity contribution in [1.29, 1.82) is 0 Å². The maximum atomic E-state index is 12.0. The van der Waals surface area contributed by atoms with E-state index in [0.29, 0.717) is 25.4 Å². The summed E-state index contributed by atoms with van der Waals surface area (Å²) in [6.45, 7) is 8.95. The molecular formula is C17H25BrN2O2. The molecule has 0 radical (unpaired) electrons. The molecule has 1 N–H and O–H groups in total. The zero-order valence-electron chi connectivity index (χ0n) is 13.8. The lowest BCUT2D eigenvalue weighted by Gasteiger charge is -2.21. The van der Waals surface area contributed by atoms with Gasteiger partial charge in [0.05, 0.1) is 5.69 Å². The predicted molar refractivity (Wildman–Crippen MR) is 93.8 cm³/mol. The summed E-state index contributed by atoms with van der Waals surface area (Å²) < 4.78 is 0.865. The highest BCUT2D eigenvalue weighted by Crippen LogP contribution is 2.23. The molecule has 0 aliphatic carbocycles. The van der Waals surface area contributed by atoms with Crippen LogP contribution in [0.5, 0.6) is 0 Å². The fraction of sp³-hybridized carbons (Fsp3) is 0.529. The second-order valence-electron chi connectivity index (χ2n) is 5.97. The normalized spacial score (nSPS) is 10.6. The molecule has 122 valence electrons. The molecule has 0 aromatic heterocycles. The molecule has 0 saturated heterocycles. The number of carbonyl (C=O) groups excluding carboxylic acids is 2. The van der Waals surface area contributed by atoms with Crippen LogP contribution in [0.3, 0.4) is 0 Å². The SMILES string of the molecule is CC(=O)N(CCC(=O)Nc1ccc(C)cc1Br)CCC(C)C. The summed E-state index contributed by atoms with van der Waals surface area (Å²) in [5.41, 5.74) is 1.88. The lowest BCUT2D eigenvalue weighted by atomic mass is 10.1. The Bertz CT molecular complexity index is 529. The molecule has 5 heteroatoms. The monoisotopic (exact) mass is 368 g/mol. The first kappa shape index (κ1) is 18.7. The van der Waals surface area contributed by atoms with Gasteiger partial charge in [-0.25, -0.2) is 0 Å². The maximum Gasteiger partial charge on any atom is 0.226 e. The van der Waals surface area contributed by atoms with E-state index >= 15 is 0 Å². The lowest BCUT2D eigenvalue weighted by molar-refractivity contribution is -0.129. The lowest BCUT2D eigenvalue weighted by Crippen LogP contribution is -2.33. The maximum absolute atomic E-state index is 12.0. The summed E-state index contributed by atoms with van der Waals surface area (Å²) in [5.74, 6) is 0.476. The van der Waals surface area contributed by atoms with Crippen molar-refractivity contribution in [2.45, 2.75) is 40.5 Å². The first-order chi connectivity index (χ1) is 10.3. The van der Waals surface area contributed by atoms with E-state index in [-0.39, 0.29) is 11.8 Å². The number of aryl methyl sites for hydroxylation is 1. The van der Waals surface area contributed by atoms with Gasteiger partial charge in [0.25, 0.3) is 0 Å². The van der Waals surface area contributed by atoms with Crippen LogP contribution in [0.15, 0.2) is 22.7 Å². The van der Waals surface area contributed by atoms with Crippen LogP contribution in [0.25, 0.3) is 0 Å². The average molecular weight is 369 g/mol. The van der Waals surface area contributed by atoms with Crippen LogP contribution in [0.2, 0.25) is 0 Å². The minimum Gasteiger partial charge on any atom is -0.342 e. The van der Waals surface area contributed by atoms with Crippen molar-refractivity contribution >= 4 is 33.4 Å². The predicted octanol–water partition coefficient (Wildman–Crippen LogP) is 3.98. The number of amides is 2. The van der Waals surface area contributed by atoms with E-state index in [1.807, 2.05) is 25.1 Å². The Morgan fingerprint density at radius 2 is 1.95 bits per heavy atom. The Morgan fingerprint density at radius 1 is 1.27 bits per heavy atom. The molecule has 0 fully saturated rings. The number of rotatable bonds is 7. The van der Waals surface area contributed by atoms with Crippen LogP contribution >= 0.6 is 15.9 Å². The number of halogens is 1. The molecule has 2 amide bonds. The van der Waals surface area contributed by atoms with Crippen LogP contribution < -0.4 is 5.32 Å². The summed E-state index contributed by atoms with van der Waals surface area (Å²) in [6, 6.07) is 5.78. The van der Waals surface area contributed by atoms with Crippen LogP contribution in [0.1, 0.15) is 39.2 Å². The molecule has 22 heavy (non-hydrogen) atoms. The first-order valence-electron chi connectivity index (χ1n) is 7.61. The Kier molecular flexibility index (Phi) is 7.59. The second-order valence-corrected chi connectivity index (χ2v) is 6.82. The van der Waals surface area contributed by atoms with E-state index in [0.717, 1.165) is 22.1 Å². The average Bonchev–Trinajstić information content (AvgIpc) is 2.41. The van der Waals surface area contributed by atoms with E-state index in [9.17, 15) is 9.59 Å². The summed E-state index contributed by atoms with van der Waals surface area (Å²) in [6.07, 6.45) is 1.25. The summed E-state index contributed by atoms with van der Waals surface area (Å²) >= 11 is 3.44. The molecule has 0 aliphatic heterocycles. The zero-order chi connectivity index (χ0) is 16.7. The highest BCUT2D eigenvalue weighted by atomic mass is 79.9. The van der Waals surface area contributed by atoms with E-state index in [1.54, 1.807) is 11.8 Å². The molecule has 4 nitrogen and oxygen atoms in total. The van der Waals surface area contributed by atoms with Crippen molar-refractivity contribution in [1.82, 2.24) is 4.90 Å². The molecule has 1 aromatic carbocycles. The fourth-order valence-corrected chi connectivity index (χ4v) is 2.60. The molecule has 0 unspecified atom stereocenters. The molecule has 0 atom stereocenters. The smallest absolute Gasteiger partial charge is 0.226 e. The highest BCUT2D eigenvalue weighted by molar-refractivity contribution is 9.10. The van der Waals surface area contributed by atoms with Crippen LogP contribution in [0.4, 0.5) is 5.69 Å². The van der Waals surface area contributed by atoms with Gasteiger partial charge in [-0.2, -0.15) is 0 Å². The molecule has 0 saturated carbocycles. The van der Waals surface area contributed by atoms with E-state index < -0.39 is 0 Å². The van der Waals surface area contributed by atoms with Crippen molar-refractivity contribution < 1.29 is 9.59 Å². The Morgan fingerprint density at radius 3 is 2.50 bits per heavy atom. The molecule has 1 aromatic rings. The van der Waals surface area contributed by atoms with E-state index in [2.05, 4.69) is 35.1 Å². The summed E-state index contributed by atoms with van der Waals surface area (Å²) in [5, 5.41) is 2.87. The Labute approximate surface area is 141 Å². The number of nitrogens with zero attached hydrogens (tertiary/aromatic N) is 1. The van der Waals surface area contributed by atoms with E-state index in [1.165, 1.54) is 0 Å². The van der Waals surface area contributed by atoms with Gasteiger partial charge < -0.3 is 10.2 Å². The van der Waals surface area contributed by atoms with Gasteiger partial charge >= 0.3 is 0 Å². The van der Waals surface area contributed by atoms with Gasteiger partial charge in [-0.3, -0.25) is 9.59 Å². The highest BCUT2D eigenvalue weighted by Gasteiger charge is 2.12. The van der Waals surface area contributed by atoms with Crippen LogP contribution in [-0.4, -0.2) is 29.8 Å². The molecule has 1 rings (SSSR count). The minimum absolute atomic E-state index is 0.0185. The Hall–Kier alpha value is -1.36. The standard InChI is InChI=1S/C17H25BrN2O2/c1-12(2)7-9-20(14(4)21)10-8-17(22)19-16-6-5-13(3)11-15(16)18/h5-6,11-12H,7-10H2,1-4H3,(H,19,22). The third-order valence-electron chi connectivity index (χ3n) is 3.43. The number of benzene rings is 1. The van der Waals surface area contributed by atoms with Gasteiger partial charge in [0.15, 0.2) is 0 Å². The van der Waals surface area contributed by atoms with Crippen LogP contribution in [-0.2, 0) is 9.59 Å². The van der Waals surface area contributed by atoms with Crippen molar-refractivity contribution in [3.8, 4) is 0 Å². The van der Waals surface area contributed by atoms with Crippen LogP contribution in [0, 0.1) is 12.8 Å². The second kappa shape index (κ2) is 8.93.